The first-order valence-corrected chi connectivity index (χ1v) is 10.1. The first-order valence-electron chi connectivity index (χ1n) is 8.27. The van der Waals surface area contributed by atoms with Crippen LogP contribution in [0.4, 0.5) is 0 Å². The summed E-state index contributed by atoms with van der Waals surface area (Å²) in [5, 5.41) is 16.0. The van der Waals surface area contributed by atoms with Crippen molar-refractivity contribution in [3.63, 3.8) is 0 Å². The Morgan fingerprint density at radius 2 is 1.85 bits per heavy atom. The maximum atomic E-state index is 11.8. The number of aromatic nitrogens is 2. The van der Waals surface area contributed by atoms with Gasteiger partial charge >= 0.3 is 0 Å². The number of hydrogen-bond donors (Lipinski definition) is 1. The normalized spacial score (nSPS) is 12.3. The van der Waals surface area contributed by atoms with E-state index in [0.717, 1.165) is 10.8 Å². The number of rotatable bonds is 6. The maximum absolute atomic E-state index is 11.8. The highest BCUT2D eigenvalue weighted by Crippen LogP contribution is 2.32. The zero-order chi connectivity index (χ0) is 18.9. The summed E-state index contributed by atoms with van der Waals surface area (Å²) in [4.78, 5) is 4.30. The second-order valence-corrected chi connectivity index (χ2v) is 8.38. The summed E-state index contributed by atoms with van der Waals surface area (Å²) >= 11 is 0. The molecule has 0 aliphatic rings. The Morgan fingerprint density at radius 3 is 2.46 bits per heavy atom. The summed E-state index contributed by atoms with van der Waals surface area (Å²) in [5.74, 6) is 0.652. The summed E-state index contributed by atoms with van der Waals surface area (Å²) in [6, 6.07) is 10.9. The van der Waals surface area contributed by atoms with Crippen molar-refractivity contribution in [2.24, 2.45) is 0 Å². The van der Waals surface area contributed by atoms with Crippen LogP contribution in [0.2, 0.25) is 0 Å². The standard InChI is InChI=1S/C18H21N3O4S/c1-12(2)21(26(3,23)24)9-8-17-19-18(25-20-17)15-10-13-6-4-5-7-14(13)11-16(15)22/h4-7,10-12,22H,8-9H2,1-3H3. The molecule has 3 rings (SSSR count). The van der Waals surface area contributed by atoms with E-state index in [4.69, 9.17) is 4.52 Å². The number of nitrogens with zero attached hydrogens (tertiary/aromatic N) is 3. The van der Waals surface area contributed by atoms with Crippen molar-refractivity contribution in [2.45, 2.75) is 26.3 Å². The van der Waals surface area contributed by atoms with Gasteiger partial charge in [0.2, 0.25) is 10.0 Å². The average molecular weight is 375 g/mol. The Morgan fingerprint density at radius 1 is 1.19 bits per heavy atom. The molecule has 138 valence electrons. The molecule has 2 aromatic carbocycles. The molecule has 1 aromatic heterocycles. The van der Waals surface area contributed by atoms with Crippen LogP contribution in [0.1, 0.15) is 19.7 Å². The van der Waals surface area contributed by atoms with Gasteiger partial charge in [0, 0.05) is 19.0 Å². The molecule has 26 heavy (non-hydrogen) atoms. The van der Waals surface area contributed by atoms with E-state index in [1.54, 1.807) is 12.1 Å². The molecule has 0 atom stereocenters. The van der Waals surface area contributed by atoms with Crippen LogP contribution in [0.25, 0.3) is 22.2 Å². The molecule has 0 bridgehead atoms. The SMILES string of the molecule is CC(C)N(CCc1noc(-c2cc3ccccc3cc2O)n1)S(C)(=O)=O. The lowest BCUT2D eigenvalue weighted by molar-refractivity contribution is 0.353. The summed E-state index contributed by atoms with van der Waals surface area (Å²) in [5.41, 5.74) is 0.450. The molecule has 1 N–H and O–H groups in total. The topological polar surface area (TPSA) is 96.5 Å². The summed E-state index contributed by atoms with van der Waals surface area (Å²) < 4.78 is 30.3. The van der Waals surface area contributed by atoms with Gasteiger partial charge in [0.1, 0.15) is 5.75 Å². The third-order valence-corrected chi connectivity index (χ3v) is 5.58. The van der Waals surface area contributed by atoms with E-state index < -0.39 is 10.0 Å². The number of hydrogen-bond acceptors (Lipinski definition) is 6. The number of phenolic OH excluding ortho intramolecular Hbond substituents is 1. The molecule has 0 amide bonds. The molecule has 7 nitrogen and oxygen atoms in total. The molecule has 0 aliphatic carbocycles. The van der Waals surface area contributed by atoms with Gasteiger partial charge < -0.3 is 9.63 Å². The highest BCUT2D eigenvalue weighted by atomic mass is 32.2. The van der Waals surface area contributed by atoms with Crippen LogP contribution in [-0.2, 0) is 16.4 Å². The van der Waals surface area contributed by atoms with E-state index in [1.165, 1.54) is 10.6 Å². The van der Waals surface area contributed by atoms with Gasteiger partial charge in [0.15, 0.2) is 5.82 Å². The molecule has 1 heterocycles. The summed E-state index contributed by atoms with van der Waals surface area (Å²) in [6.07, 6.45) is 1.50. The molecule has 0 spiro atoms. The van der Waals surface area contributed by atoms with Gasteiger partial charge in [-0.25, -0.2) is 8.42 Å². The number of fused-ring (bicyclic) bond motifs is 1. The predicted octanol–water partition coefficient (Wildman–Crippen LogP) is 2.81. The van der Waals surface area contributed by atoms with Crippen molar-refractivity contribution in [3.05, 3.63) is 42.2 Å². The third kappa shape index (κ3) is 3.86. The van der Waals surface area contributed by atoms with Crippen LogP contribution in [-0.4, -0.2) is 46.8 Å². The van der Waals surface area contributed by atoms with E-state index in [9.17, 15) is 13.5 Å². The zero-order valence-electron chi connectivity index (χ0n) is 14.9. The van der Waals surface area contributed by atoms with Crippen molar-refractivity contribution < 1.29 is 18.0 Å². The van der Waals surface area contributed by atoms with Crippen LogP contribution < -0.4 is 0 Å². The van der Waals surface area contributed by atoms with Crippen LogP contribution in [0.3, 0.4) is 0 Å². The minimum atomic E-state index is -3.30. The highest BCUT2D eigenvalue weighted by Gasteiger charge is 2.21. The average Bonchev–Trinajstić information content (AvgIpc) is 3.01. The predicted molar refractivity (Wildman–Crippen MR) is 99.3 cm³/mol. The first-order chi connectivity index (χ1) is 12.3. The van der Waals surface area contributed by atoms with Gasteiger partial charge in [-0.05, 0) is 36.8 Å². The summed E-state index contributed by atoms with van der Waals surface area (Å²) in [6.45, 7) is 3.89. The lowest BCUT2D eigenvalue weighted by atomic mass is 10.1. The van der Waals surface area contributed by atoms with E-state index in [0.29, 0.717) is 17.8 Å². The Labute approximate surface area is 152 Å². The molecule has 3 aromatic rings. The van der Waals surface area contributed by atoms with Crippen LogP contribution in [0.5, 0.6) is 5.75 Å². The number of phenols is 1. The van der Waals surface area contributed by atoms with Crippen molar-refractivity contribution in [2.75, 3.05) is 12.8 Å². The molecule has 0 radical (unpaired) electrons. The van der Waals surface area contributed by atoms with Gasteiger partial charge in [-0.15, -0.1) is 0 Å². The van der Waals surface area contributed by atoms with Crippen molar-refractivity contribution in [1.29, 1.82) is 0 Å². The quantitative estimate of drug-likeness (QED) is 0.712. The minimum Gasteiger partial charge on any atom is -0.507 e. The fourth-order valence-electron chi connectivity index (χ4n) is 2.88. The van der Waals surface area contributed by atoms with E-state index >= 15 is 0 Å². The fraction of sp³-hybridized carbons (Fsp3) is 0.333. The van der Waals surface area contributed by atoms with Crippen molar-refractivity contribution in [3.8, 4) is 17.2 Å². The second-order valence-electron chi connectivity index (χ2n) is 6.45. The Balaban J connectivity index is 1.83. The number of aromatic hydroxyl groups is 1. The lowest BCUT2D eigenvalue weighted by Crippen LogP contribution is -2.37. The Kier molecular flexibility index (Phi) is 4.97. The van der Waals surface area contributed by atoms with E-state index in [1.807, 2.05) is 38.1 Å². The van der Waals surface area contributed by atoms with Gasteiger partial charge in [-0.3, -0.25) is 0 Å². The second kappa shape index (κ2) is 7.05. The molecular formula is C18H21N3O4S. The minimum absolute atomic E-state index is 0.0545. The molecule has 0 saturated carbocycles. The monoisotopic (exact) mass is 375 g/mol. The van der Waals surface area contributed by atoms with Crippen LogP contribution in [0.15, 0.2) is 40.9 Å². The van der Waals surface area contributed by atoms with E-state index in [-0.39, 0.29) is 24.2 Å². The van der Waals surface area contributed by atoms with Crippen LogP contribution in [0, 0.1) is 0 Å². The van der Waals surface area contributed by atoms with E-state index in [2.05, 4.69) is 10.1 Å². The maximum Gasteiger partial charge on any atom is 0.261 e. The smallest absolute Gasteiger partial charge is 0.261 e. The zero-order valence-corrected chi connectivity index (χ0v) is 15.7. The lowest BCUT2D eigenvalue weighted by Gasteiger charge is -2.23. The van der Waals surface area contributed by atoms with Gasteiger partial charge in [0.05, 0.1) is 11.8 Å². The van der Waals surface area contributed by atoms with Gasteiger partial charge in [0.25, 0.3) is 5.89 Å². The van der Waals surface area contributed by atoms with Crippen molar-refractivity contribution >= 4 is 20.8 Å². The molecule has 8 heteroatoms. The first kappa shape index (κ1) is 18.3. The Bertz CT molecular complexity index is 1030. The summed E-state index contributed by atoms with van der Waals surface area (Å²) in [7, 11) is -3.30. The number of benzene rings is 2. The van der Waals surface area contributed by atoms with Crippen LogP contribution >= 0.6 is 0 Å². The highest BCUT2D eigenvalue weighted by molar-refractivity contribution is 7.88. The molecule has 0 saturated heterocycles. The van der Waals surface area contributed by atoms with Gasteiger partial charge in [-0.2, -0.15) is 9.29 Å². The van der Waals surface area contributed by atoms with Gasteiger partial charge in [-0.1, -0.05) is 29.4 Å². The molecule has 0 aliphatic heterocycles. The molecule has 0 fully saturated rings. The Hall–Kier alpha value is -2.45. The fourth-order valence-corrected chi connectivity index (χ4v) is 4.07. The van der Waals surface area contributed by atoms with Crippen molar-refractivity contribution in [1.82, 2.24) is 14.4 Å². The molecule has 0 unspecified atom stereocenters. The molecular weight excluding hydrogens is 354 g/mol. The largest absolute Gasteiger partial charge is 0.507 e. The third-order valence-electron chi connectivity index (χ3n) is 4.12. The number of sulfonamides is 1.